The average Bonchev–Trinajstić information content (AvgIpc) is 3.01. The SMILES string of the molecule is CC(C)(C)C(CCO)N1CCC(NC2CC2)C1=O. The van der Waals surface area contributed by atoms with E-state index in [4.69, 9.17) is 0 Å². The van der Waals surface area contributed by atoms with E-state index in [-0.39, 0.29) is 30.0 Å². The number of carbonyl (C=O) groups excluding carboxylic acids is 1. The molecule has 1 saturated heterocycles. The molecule has 2 fully saturated rings. The lowest BCUT2D eigenvalue weighted by Gasteiger charge is -2.38. The van der Waals surface area contributed by atoms with Crippen molar-refractivity contribution in [2.75, 3.05) is 13.2 Å². The number of hydrogen-bond donors (Lipinski definition) is 2. The Hall–Kier alpha value is -0.610. The highest BCUT2D eigenvalue weighted by Gasteiger charge is 2.41. The number of likely N-dealkylation sites (tertiary alicyclic amines) is 1. The van der Waals surface area contributed by atoms with Crippen LogP contribution in [-0.4, -0.2) is 47.2 Å². The molecule has 4 nitrogen and oxygen atoms in total. The summed E-state index contributed by atoms with van der Waals surface area (Å²) in [4.78, 5) is 14.4. The van der Waals surface area contributed by atoms with Gasteiger partial charge in [0.05, 0.1) is 6.04 Å². The van der Waals surface area contributed by atoms with Crippen LogP contribution in [0.1, 0.15) is 46.5 Å². The van der Waals surface area contributed by atoms with Gasteiger partial charge in [-0.3, -0.25) is 4.79 Å². The number of amides is 1. The zero-order valence-corrected chi connectivity index (χ0v) is 11.8. The van der Waals surface area contributed by atoms with Crippen LogP contribution < -0.4 is 5.32 Å². The van der Waals surface area contributed by atoms with Crippen molar-refractivity contribution in [3.63, 3.8) is 0 Å². The molecule has 2 N–H and O–H groups in total. The largest absolute Gasteiger partial charge is 0.396 e. The fourth-order valence-corrected chi connectivity index (χ4v) is 2.88. The van der Waals surface area contributed by atoms with Crippen molar-refractivity contribution >= 4 is 5.91 Å². The first-order valence-corrected chi connectivity index (χ1v) is 7.11. The van der Waals surface area contributed by atoms with Gasteiger partial charge in [-0.05, 0) is 31.1 Å². The maximum Gasteiger partial charge on any atom is 0.240 e. The van der Waals surface area contributed by atoms with Crippen molar-refractivity contribution < 1.29 is 9.90 Å². The molecule has 1 aliphatic carbocycles. The van der Waals surface area contributed by atoms with E-state index in [1.54, 1.807) is 0 Å². The molecule has 1 saturated carbocycles. The third kappa shape index (κ3) is 3.04. The lowest BCUT2D eigenvalue weighted by molar-refractivity contribution is -0.133. The number of nitrogens with one attached hydrogen (secondary N) is 1. The van der Waals surface area contributed by atoms with Crippen molar-refractivity contribution in [2.45, 2.75) is 64.6 Å². The van der Waals surface area contributed by atoms with Crippen LogP contribution >= 0.6 is 0 Å². The Kier molecular flexibility index (Phi) is 3.97. The fourth-order valence-electron chi connectivity index (χ4n) is 2.88. The van der Waals surface area contributed by atoms with Gasteiger partial charge < -0.3 is 15.3 Å². The Labute approximate surface area is 110 Å². The van der Waals surface area contributed by atoms with Gasteiger partial charge in [-0.2, -0.15) is 0 Å². The summed E-state index contributed by atoms with van der Waals surface area (Å²) < 4.78 is 0. The monoisotopic (exact) mass is 254 g/mol. The quantitative estimate of drug-likeness (QED) is 0.773. The lowest BCUT2D eigenvalue weighted by Crippen LogP contribution is -2.48. The molecule has 2 rings (SSSR count). The zero-order valence-electron chi connectivity index (χ0n) is 11.8. The van der Waals surface area contributed by atoms with E-state index in [2.05, 4.69) is 26.1 Å². The van der Waals surface area contributed by atoms with Crippen molar-refractivity contribution in [3.05, 3.63) is 0 Å². The van der Waals surface area contributed by atoms with Crippen molar-refractivity contribution in [1.82, 2.24) is 10.2 Å². The smallest absolute Gasteiger partial charge is 0.240 e. The summed E-state index contributed by atoms with van der Waals surface area (Å²) in [7, 11) is 0. The van der Waals surface area contributed by atoms with Gasteiger partial charge in [0.1, 0.15) is 0 Å². The number of hydrogen-bond acceptors (Lipinski definition) is 3. The highest BCUT2D eigenvalue weighted by atomic mass is 16.3. The Morgan fingerprint density at radius 3 is 2.56 bits per heavy atom. The van der Waals surface area contributed by atoms with Crippen molar-refractivity contribution in [1.29, 1.82) is 0 Å². The first-order valence-electron chi connectivity index (χ1n) is 7.11. The summed E-state index contributed by atoms with van der Waals surface area (Å²) in [6, 6.07) is 0.729. The molecule has 0 bridgehead atoms. The molecule has 104 valence electrons. The molecule has 18 heavy (non-hydrogen) atoms. The second-order valence-electron chi connectivity index (χ2n) is 6.71. The molecule has 2 aliphatic rings. The number of rotatable bonds is 5. The summed E-state index contributed by atoms with van der Waals surface area (Å²) in [5.41, 5.74) is 0.0207. The first-order chi connectivity index (χ1) is 8.43. The molecular formula is C14H26N2O2. The number of aliphatic hydroxyl groups excluding tert-OH is 1. The van der Waals surface area contributed by atoms with E-state index in [1.807, 2.05) is 4.90 Å². The molecule has 0 spiro atoms. The van der Waals surface area contributed by atoms with E-state index in [1.165, 1.54) is 12.8 Å². The van der Waals surface area contributed by atoms with E-state index < -0.39 is 0 Å². The minimum absolute atomic E-state index is 0.0149. The molecule has 1 aliphatic heterocycles. The highest BCUT2D eigenvalue weighted by Crippen LogP contribution is 2.31. The van der Waals surface area contributed by atoms with Gasteiger partial charge in [0.2, 0.25) is 5.91 Å². The first kappa shape index (κ1) is 13.8. The zero-order chi connectivity index (χ0) is 13.3. The van der Waals surface area contributed by atoms with Crippen LogP contribution in [0.25, 0.3) is 0 Å². The van der Waals surface area contributed by atoms with E-state index in [0.717, 1.165) is 13.0 Å². The van der Waals surface area contributed by atoms with Gasteiger partial charge in [0.15, 0.2) is 0 Å². The summed E-state index contributed by atoms with van der Waals surface area (Å²) >= 11 is 0. The Balaban J connectivity index is 2.00. The van der Waals surface area contributed by atoms with Crippen molar-refractivity contribution in [2.24, 2.45) is 5.41 Å². The summed E-state index contributed by atoms with van der Waals surface area (Å²) in [5.74, 6) is 0.232. The van der Waals surface area contributed by atoms with Gasteiger partial charge in [-0.15, -0.1) is 0 Å². The molecule has 1 heterocycles. The third-order valence-electron chi connectivity index (χ3n) is 4.03. The van der Waals surface area contributed by atoms with Gasteiger partial charge in [0.25, 0.3) is 0 Å². The maximum absolute atomic E-state index is 12.4. The van der Waals surface area contributed by atoms with Crippen LogP contribution in [0.15, 0.2) is 0 Å². The van der Waals surface area contributed by atoms with Crippen LogP contribution in [0.4, 0.5) is 0 Å². The topological polar surface area (TPSA) is 52.6 Å². The van der Waals surface area contributed by atoms with Gasteiger partial charge >= 0.3 is 0 Å². The number of nitrogens with zero attached hydrogens (tertiary/aromatic N) is 1. The van der Waals surface area contributed by atoms with Crippen LogP contribution in [0.3, 0.4) is 0 Å². The molecule has 0 aromatic heterocycles. The van der Waals surface area contributed by atoms with Crippen LogP contribution in [0.2, 0.25) is 0 Å². The van der Waals surface area contributed by atoms with E-state index in [0.29, 0.717) is 12.5 Å². The fraction of sp³-hybridized carbons (Fsp3) is 0.929. The maximum atomic E-state index is 12.4. The minimum atomic E-state index is 0.0149. The minimum Gasteiger partial charge on any atom is -0.396 e. The normalized spacial score (nSPS) is 26.8. The summed E-state index contributed by atoms with van der Waals surface area (Å²) in [6.07, 6.45) is 4.00. The highest BCUT2D eigenvalue weighted by molar-refractivity contribution is 5.84. The lowest BCUT2D eigenvalue weighted by atomic mass is 9.84. The number of carbonyl (C=O) groups is 1. The molecule has 1 amide bonds. The second kappa shape index (κ2) is 5.17. The van der Waals surface area contributed by atoms with Crippen molar-refractivity contribution in [3.8, 4) is 0 Å². The Morgan fingerprint density at radius 1 is 1.39 bits per heavy atom. The third-order valence-corrected chi connectivity index (χ3v) is 4.03. The predicted octanol–water partition coefficient (Wildman–Crippen LogP) is 1.14. The standard InChI is InChI=1S/C14H26N2O2/c1-14(2,3)12(7-9-17)16-8-6-11(13(16)18)15-10-4-5-10/h10-12,15,17H,4-9H2,1-3H3. The average molecular weight is 254 g/mol. The molecule has 0 radical (unpaired) electrons. The molecule has 2 unspecified atom stereocenters. The van der Waals surface area contributed by atoms with Gasteiger partial charge in [-0.25, -0.2) is 0 Å². The summed E-state index contributed by atoms with van der Waals surface area (Å²) in [5, 5.41) is 12.6. The van der Waals surface area contributed by atoms with Gasteiger partial charge in [-0.1, -0.05) is 20.8 Å². The van der Waals surface area contributed by atoms with Crippen LogP contribution in [0, 0.1) is 5.41 Å². The second-order valence-corrected chi connectivity index (χ2v) is 6.71. The number of aliphatic hydroxyl groups is 1. The molecule has 0 aromatic carbocycles. The Morgan fingerprint density at radius 2 is 2.06 bits per heavy atom. The van der Waals surface area contributed by atoms with Gasteiger partial charge in [0, 0.05) is 25.2 Å². The predicted molar refractivity (Wildman–Crippen MR) is 71.2 cm³/mol. The molecule has 4 heteroatoms. The van der Waals surface area contributed by atoms with Crippen LogP contribution in [0.5, 0.6) is 0 Å². The molecule has 2 atom stereocenters. The Bertz CT molecular complexity index is 307. The molecular weight excluding hydrogens is 228 g/mol. The molecule has 0 aromatic rings. The van der Waals surface area contributed by atoms with E-state index in [9.17, 15) is 9.90 Å². The van der Waals surface area contributed by atoms with E-state index >= 15 is 0 Å². The van der Waals surface area contributed by atoms with Crippen LogP contribution in [-0.2, 0) is 4.79 Å². The summed E-state index contributed by atoms with van der Waals surface area (Å²) in [6.45, 7) is 7.39.